The van der Waals surface area contributed by atoms with Gasteiger partial charge in [0.2, 0.25) is 5.79 Å². The largest absolute Gasteiger partial charge is 0.508 e. The number of hydrogen-bond donors (Lipinski definition) is 10. The number of methoxy groups -OCH3 is 2. The van der Waals surface area contributed by atoms with Crippen molar-refractivity contribution in [2.24, 2.45) is 0 Å². The summed E-state index contributed by atoms with van der Waals surface area (Å²) in [6.07, 6.45) is -6.24. The van der Waals surface area contributed by atoms with Gasteiger partial charge in [-0.05, 0) is 35.4 Å². The third-order valence-corrected chi connectivity index (χ3v) is 8.44. The van der Waals surface area contributed by atoms with E-state index in [1.807, 2.05) is 0 Å². The Labute approximate surface area is 260 Å². The van der Waals surface area contributed by atoms with Crippen LogP contribution in [0.1, 0.15) is 45.9 Å². The Morgan fingerprint density at radius 3 is 1.72 bits per heavy atom. The number of benzene rings is 4. The van der Waals surface area contributed by atoms with E-state index in [4.69, 9.17) is 18.9 Å². The molecule has 14 heteroatoms. The lowest BCUT2D eigenvalue weighted by atomic mass is 9.76. The summed E-state index contributed by atoms with van der Waals surface area (Å²) >= 11 is 0. The van der Waals surface area contributed by atoms with E-state index in [1.54, 1.807) is 0 Å². The van der Waals surface area contributed by atoms with Crippen LogP contribution in [0.3, 0.4) is 0 Å². The zero-order chi connectivity index (χ0) is 33.2. The van der Waals surface area contributed by atoms with Crippen molar-refractivity contribution in [3.63, 3.8) is 0 Å². The van der Waals surface area contributed by atoms with Crippen LogP contribution in [0.2, 0.25) is 0 Å². The number of phenolic OH excluding ortho intramolecular Hbond substituents is 8. The fraction of sp³-hybridized carbons (Fsp3) is 0.250. The summed E-state index contributed by atoms with van der Waals surface area (Å²) in [4.78, 5) is 0. The molecule has 2 heterocycles. The van der Waals surface area contributed by atoms with E-state index in [9.17, 15) is 51.1 Å². The molecular weight excluding hydrogens is 608 g/mol. The van der Waals surface area contributed by atoms with Crippen LogP contribution < -0.4 is 9.47 Å². The first kappa shape index (κ1) is 30.7. The van der Waals surface area contributed by atoms with E-state index < -0.39 is 82.1 Å². The summed E-state index contributed by atoms with van der Waals surface area (Å²) in [6, 6.07) is 10.3. The summed E-state index contributed by atoms with van der Waals surface area (Å²) in [5.74, 6) is -8.33. The van der Waals surface area contributed by atoms with E-state index >= 15 is 0 Å². The maximum Gasteiger partial charge on any atom is 0.232 e. The highest BCUT2D eigenvalue weighted by molar-refractivity contribution is 5.67. The molecule has 6 rings (SSSR count). The molecule has 14 nitrogen and oxygen atoms in total. The monoisotopic (exact) mass is 638 g/mol. The number of ether oxygens (including phenoxy) is 4. The molecule has 0 aliphatic carbocycles. The van der Waals surface area contributed by atoms with Crippen molar-refractivity contribution in [1.82, 2.24) is 0 Å². The molecule has 0 bridgehead atoms. The first-order valence-electron chi connectivity index (χ1n) is 13.8. The van der Waals surface area contributed by atoms with Gasteiger partial charge in [0, 0.05) is 43.5 Å². The van der Waals surface area contributed by atoms with E-state index in [1.165, 1.54) is 32.4 Å². The Hall–Kier alpha value is -5.28. The molecular formula is C32H30O14. The number of rotatable bonds is 5. The molecule has 0 saturated heterocycles. The van der Waals surface area contributed by atoms with Crippen molar-refractivity contribution < 1.29 is 70.0 Å². The van der Waals surface area contributed by atoms with Crippen LogP contribution in [0.4, 0.5) is 0 Å². The Balaban J connectivity index is 1.64. The van der Waals surface area contributed by atoms with Gasteiger partial charge in [0.25, 0.3) is 0 Å². The molecule has 242 valence electrons. The van der Waals surface area contributed by atoms with E-state index in [0.717, 1.165) is 36.4 Å². The Bertz CT molecular complexity index is 1830. The highest BCUT2D eigenvalue weighted by atomic mass is 16.7. The topological polar surface area (TPSA) is 239 Å². The number of hydrogen-bond acceptors (Lipinski definition) is 14. The second-order valence-electron chi connectivity index (χ2n) is 11.0. The van der Waals surface area contributed by atoms with Gasteiger partial charge in [0.1, 0.15) is 40.6 Å². The molecule has 0 unspecified atom stereocenters. The van der Waals surface area contributed by atoms with Crippen molar-refractivity contribution in [1.29, 1.82) is 0 Å². The van der Waals surface area contributed by atoms with Crippen molar-refractivity contribution in [3.8, 4) is 57.5 Å². The van der Waals surface area contributed by atoms with Gasteiger partial charge in [-0.15, -0.1) is 0 Å². The normalized spacial score (nSPS) is 23.1. The first-order chi connectivity index (χ1) is 21.8. The summed E-state index contributed by atoms with van der Waals surface area (Å²) in [6.45, 7) is 0. The fourth-order valence-electron chi connectivity index (χ4n) is 6.30. The minimum absolute atomic E-state index is 0.110. The average molecular weight is 639 g/mol. The summed E-state index contributed by atoms with van der Waals surface area (Å²) < 4.78 is 23.6. The van der Waals surface area contributed by atoms with E-state index in [2.05, 4.69) is 0 Å². The van der Waals surface area contributed by atoms with Crippen molar-refractivity contribution in [3.05, 3.63) is 82.4 Å². The minimum Gasteiger partial charge on any atom is -0.508 e. The molecule has 4 aromatic rings. The molecule has 0 aromatic heterocycles. The third-order valence-electron chi connectivity index (χ3n) is 8.44. The molecule has 10 N–H and O–H groups in total. The van der Waals surface area contributed by atoms with Crippen LogP contribution >= 0.6 is 0 Å². The van der Waals surface area contributed by atoms with Crippen LogP contribution in [0, 0.1) is 0 Å². The van der Waals surface area contributed by atoms with Crippen LogP contribution in [-0.4, -0.2) is 77.5 Å². The van der Waals surface area contributed by atoms with Gasteiger partial charge in [-0.2, -0.15) is 0 Å². The Morgan fingerprint density at radius 2 is 1.15 bits per heavy atom. The summed E-state index contributed by atoms with van der Waals surface area (Å²) in [7, 11) is 2.36. The second kappa shape index (κ2) is 11.0. The van der Waals surface area contributed by atoms with Crippen LogP contribution in [0.25, 0.3) is 0 Å². The molecule has 0 fully saturated rings. The predicted molar refractivity (Wildman–Crippen MR) is 155 cm³/mol. The molecule has 0 spiro atoms. The van der Waals surface area contributed by atoms with Gasteiger partial charge >= 0.3 is 0 Å². The molecule has 0 amide bonds. The maximum atomic E-state index is 11.9. The molecule has 4 aromatic carbocycles. The maximum absolute atomic E-state index is 11.9. The van der Waals surface area contributed by atoms with Gasteiger partial charge in [-0.1, -0.05) is 12.1 Å². The molecule has 2 aliphatic rings. The zero-order valence-corrected chi connectivity index (χ0v) is 24.2. The third kappa shape index (κ3) is 4.49. The van der Waals surface area contributed by atoms with Gasteiger partial charge in [-0.3, -0.25) is 0 Å². The lowest BCUT2D eigenvalue weighted by Crippen LogP contribution is -2.51. The standard InChI is InChI=1S/C32H30O14/c1-43-32(44-2)26-21(40)11-20(39)24(30(26)46-29(31(32)42)13-4-6-16(35)18(37)8-13)25-23-19(38)9-14(33)10-22(23)45-28(27(25)41)12-3-5-15(34)17(36)7-12/h3-11,25,27-29,31,33-42H,1-2H3/t25-,27-,28-,29-,31+/m1/s1. The number of phenols is 8. The lowest BCUT2D eigenvalue weighted by molar-refractivity contribution is -0.295. The smallest absolute Gasteiger partial charge is 0.232 e. The molecule has 0 saturated carbocycles. The van der Waals surface area contributed by atoms with Crippen LogP contribution in [0.15, 0.2) is 54.6 Å². The number of aromatic hydroxyl groups is 8. The van der Waals surface area contributed by atoms with Crippen LogP contribution in [-0.2, 0) is 15.3 Å². The van der Waals surface area contributed by atoms with E-state index in [0.29, 0.717) is 0 Å². The van der Waals surface area contributed by atoms with E-state index in [-0.39, 0.29) is 39.3 Å². The second-order valence-corrected chi connectivity index (χ2v) is 11.0. The highest BCUT2D eigenvalue weighted by Gasteiger charge is 2.56. The fourth-order valence-corrected chi connectivity index (χ4v) is 6.30. The predicted octanol–water partition coefficient (Wildman–Crippen LogP) is 2.90. The van der Waals surface area contributed by atoms with Gasteiger partial charge in [0.05, 0.1) is 11.5 Å². The minimum atomic E-state index is -2.18. The van der Waals surface area contributed by atoms with Gasteiger partial charge < -0.3 is 70.0 Å². The van der Waals surface area contributed by atoms with Gasteiger partial charge in [0.15, 0.2) is 41.3 Å². The van der Waals surface area contributed by atoms with Crippen molar-refractivity contribution >= 4 is 0 Å². The number of fused-ring (bicyclic) bond motifs is 2. The highest BCUT2D eigenvalue weighted by Crippen LogP contribution is 2.60. The summed E-state index contributed by atoms with van der Waals surface area (Å²) in [5, 5.41) is 108. The Kier molecular flexibility index (Phi) is 7.32. The average Bonchev–Trinajstić information content (AvgIpc) is 3.00. The van der Waals surface area contributed by atoms with Crippen LogP contribution in [0.5, 0.6) is 57.5 Å². The first-order valence-corrected chi connectivity index (χ1v) is 13.8. The Morgan fingerprint density at radius 1 is 0.587 bits per heavy atom. The van der Waals surface area contributed by atoms with Gasteiger partial charge in [-0.25, -0.2) is 0 Å². The number of aliphatic hydroxyl groups excluding tert-OH is 2. The molecule has 2 aliphatic heterocycles. The zero-order valence-electron chi connectivity index (χ0n) is 24.2. The SMILES string of the molecule is COC1(OC)c2c(O)cc(O)c([C@H]3c4c(O)cc(O)cc4O[C@H](c4ccc(O)c(O)c4)[C@@H]3O)c2O[C@H](c2ccc(O)c(O)c2)[C@@H]1O. The quantitative estimate of drug-likeness (QED) is 0.112. The molecule has 0 radical (unpaired) electrons. The lowest BCUT2D eigenvalue weighted by Gasteiger charge is -2.46. The van der Waals surface area contributed by atoms with Crippen molar-refractivity contribution in [2.45, 2.75) is 36.1 Å². The van der Waals surface area contributed by atoms with Crippen molar-refractivity contribution in [2.75, 3.05) is 14.2 Å². The molecule has 46 heavy (non-hydrogen) atoms. The molecule has 5 atom stereocenters. The summed E-state index contributed by atoms with van der Waals surface area (Å²) in [5.41, 5.74) is -0.377. The number of aliphatic hydroxyl groups is 2.